The van der Waals surface area contributed by atoms with Crippen molar-refractivity contribution in [3.63, 3.8) is 0 Å². The van der Waals surface area contributed by atoms with Crippen LogP contribution in [0.15, 0.2) is 48.6 Å². The van der Waals surface area contributed by atoms with Gasteiger partial charge in [-0.2, -0.15) is 0 Å². The Morgan fingerprint density at radius 2 is 1.36 bits per heavy atom. The lowest BCUT2D eigenvalue weighted by Crippen LogP contribution is -2.60. The SMILES string of the molecule is CC/C=C\C/C=C\C/C=C\C/C=C\CCC(=O)NC(COC1OC(CO)C(O)C(O)C1O)C(O)CCCCCCCCCC. The van der Waals surface area contributed by atoms with E-state index in [1.54, 1.807) is 0 Å². The van der Waals surface area contributed by atoms with Gasteiger partial charge >= 0.3 is 0 Å². The molecule has 1 amide bonds. The van der Waals surface area contributed by atoms with Crippen LogP contribution in [0.3, 0.4) is 0 Å². The first-order valence-electron chi connectivity index (χ1n) is 16.8. The van der Waals surface area contributed by atoms with Crippen molar-refractivity contribution in [3.8, 4) is 0 Å². The molecule has 0 spiro atoms. The first-order chi connectivity index (χ1) is 21.3. The van der Waals surface area contributed by atoms with Gasteiger partial charge in [-0.25, -0.2) is 0 Å². The molecule has 1 aliphatic heterocycles. The van der Waals surface area contributed by atoms with Gasteiger partial charge in [-0.15, -0.1) is 0 Å². The van der Waals surface area contributed by atoms with Gasteiger partial charge in [0.15, 0.2) is 6.29 Å². The van der Waals surface area contributed by atoms with E-state index >= 15 is 0 Å². The summed E-state index contributed by atoms with van der Waals surface area (Å²) >= 11 is 0. The standard InChI is InChI=1S/C35H61NO8/c1-3-5-7-9-11-13-14-15-16-17-19-21-23-25-31(39)36-28(29(38)24-22-20-18-12-10-8-6-4-2)27-43-35-34(42)33(41)32(40)30(26-37)44-35/h5,7,11,13,15-16,19,21,28-30,32-35,37-38,40-42H,3-4,6,8-10,12,14,17-18,20,22-27H2,1-2H3,(H,36,39)/b7-5-,13-11-,16-15-,21-19-. The Hall–Kier alpha value is -1.85. The topological polar surface area (TPSA) is 149 Å². The van der Waals surface area contributed by atoms with E-state index < -0.39 is 49.5 Å². The average molecular weight is 624 g/mol. The summed E-state index contributed by atoms with van der Waals surface area (Å²) in [5.74, 6) is -0.232. The molecule has 1 rings (SSSR count). The second-order valence-corrected chi connectivity index (χ2v) is 11.6. The van der Waals surface area contributed by atoms with Crippen molar-refractivity contribution in [2.24, 2.45) is 0 Å². The van der Waals surface area contributed by atoms with Crippen LogP contribution in [-0.2, 0) is 14.3 Å². The van der Waals surface area contributed by atoms with Gasteiger partial charge in [0.25, 0.3) is 0 Å². The highest BCUT2D eigenvalue weighted by Crippen LogP contribution is 2.22. The molecule has 1 saturated heterocycles. The summed E-state index contributed by atoms with van der Waals surface area (Å²) in [6.45, 7) is 3.58. The summed E-state index contributed by atoms with van der Waals surface area (Å²) in [6.07, 6.45) is 22.9. The fourth-order valence-electron chi connectivity index (χ4n) is 4.93. The maximum Gasteiger partial charge on any atom is 0.220 e. The Morgan fingerprint density at radius 3 is 1.95 bits per heavy atom. The fraction of sp³-hybridized carbons (Fsp3) is 0.743. The zero-order valence-corrected chi connectivity index (χ0v) is 27.1. The number of aliphatic hydroxyl groups is 5. The van der Waals surface area contributed by atoms with E-state index in [9.17, 15) is 30.3 Å². The number of carbonyl (C=O) groups excluding carboxylic acids is 1. The third-order valence-electron chi connectivity index (χ3n) is 7.71. The van der Waals surface area contributed by atoms with Crippen LogP contribution < -0.4 is 5.32 Å². The monoisotopic (exact) mass is 623 g/mol. The molecule has 44 heavy (non-hydrogen) atoms. The quantitative estimate of drug-likeness (QED) is 0.0630. The largest absolute Gasteiger partial charge is 0.394 e. The summed E-state index contributed by atoms with van der Waals surface area (Å²) in [4.78, 5) is 12.7. The van der Waals surface area contributed by atoms with Gasteiger partial charge in [-0.1, -0.05) is 114 Å². The zero-order valence-electron chi connectivity index (χ0n) is 27.1. The minimum Gasteiger partial charge on any atom is -0.394 e. The summed E-state index contributed by atoms with van der Waals surface area (Å²) in [5.41, 5.74) is 0. The molecule has 0 aromatic carbocycles. The van der Waals surface area contributed by atoms with Crippen molar-refractivity contribution in [1.29, 1.82) is 0 Å². The van der Waals surface area contributed by atoms with Gasteiger partial charge < -0.3 is 40.3 Å². The number of amides is 1. The number of aliphatic hydroxyl groups excluding tert-OH is 5. The van der Waals surface area contributed by atoms with Crippen molar-refractivity contribution in [2.45, 2.75) is 153 Å². The molecule has 1 heterocycles. The number of unbranched alkanes of at least 4 members (excludes halogenated alkanes) is 7. The molecule has 254 valence electrons. The highest BCUT2D eigenvalue weighted by Gasteiger charge is 2.44. The van der Waals surface area contributed by atoms with Crippen LogP contribution >= 0.6 is 0 Å². The van der Waals surface area contributed by atoms with Gasteiger partial charge in [0.1, 0.15) is 24.4 Å². The lowest BCUT2D eigenvalue weighted by atomic mass is 9.99. The number of carbonyl (C=O) groups is 1. The molecular weight excluding hydrogens is 562 g/mol. The Morgan fingerprint density at radius 1 is 0.795 bits per heavy atom. The molecule has 0 aliphatic carbocycles. The molecule has 0 radical (unpaired) electrons. The third-order valence-corrected chi connectivity index (χ3v) is 7.71. The Balaban J connectivity index is 2.55. The molecule has 7 unspecified atom stereocenters. The van der Waals surface area contributed by atoms with Gasteiger partial charge in [-0.05, 0) is 38.5 Å². The zero-order chi connectivity index (χ0) is 32.4. The number of allylic oxidation sites excluding steroid dienone is 8. The highest BCUT2D eigenvalue weighted by molar-refractivity contribution is 5.76. The summed E-state index contributed by atoms with van der Waals surface area (Å²) in [7, 11) is 0. The first kappa shape index (κ1) is 40.2. The molecule has 0 saturated carbocycles. The number of ether oxygens (including phenoxy) is 2. The third kappa shape index (κ3) is 18.2. The van der Waals surface area contributed by atoms with Gasteiger partial charge in [0.05, 0.1) is 25.4 Å². The summed E-state index contributed by atoms with van der Waals surface area (Å²) < 4.78 is 11.1. The van der Waals surface area contributed by atoms with E-state index in [0.717, 1.165) is 44.9 Å². The molecule has 1 aliphatic rings. The molecule has 0 aromatic rings. The smallest absolute Gasteiger partial charge is 0.220 e. The molecular formula is C35H61NO8. The molecule has 9 heteroatoms. The van der Waals surface area contributed by atoms with Gasteiger partial charge in [-0.3, -0.25) is 4.79 Å². The van der Waals surface area contributed by atoms with Crippen molar-refractivity contribution in [1.82, 2.24) is 5.32 Å². The minimum absolute atomic E-state index is 0.170. The van der Waals surface area contributed by atoms with Crippen LogP contribution in [0, 0.1) is 0 Å². The van der Waals surface area contributed by atoms with Crippen LogP contribution in [0.5, 0.6) is 0 Å². The lowest BCUT2D eigenvalue weighted by molar-refractivity contribution is -0.302. The van der Waals surface area contributed by atoms with Crippen LogP contribution in [-0.4, -0.2) is 87.5 Å². The Kier molecular flexibility index (Phi) is 24.1. The second kappa shape index (κ2) is 26.4. The highest BCUT2D eigenvalue weighted by atomic mass is 16.7. The van der Waals surface area contributed by atoms with E-state index in [-0.39, 0.29) is 18.9 Å². The van der Waals surface area contributed by atoms with Crippen LogP contribution in [0.25, 0.3) is 0 Å². The van der Waals surface area contributed by atoms with Crippen molar-refractivity contribution >= 4 is 5.91 Å². The molecule has 0 bridgehead atoms. The molecule has 0 aromatic heterocycles. The van der Waals surface area contributed by atoms with E-state index in [1.807, 2.05) is 12.2 Å². The molecule has 9 nitrogen and oxygen atoms in total. The van der Waals surface area contributed by atoms with Crippen molar-refractivity contribution in [2.75, 3.05) is 13.2 Å². The van der Waals surface area contributed by atoms with Gasteiger partial charge in [0, 0.05) is 6.42 Å². The Labute approximate surface area is 265 Å². The van der Waals surface area contributed by atoms with E-state index in [4.69, 9.17) is 9.47 Å². The lowest BCUT2D eigenvalue weighted by Gasteiger charge is -2.40. The van der Waals surface area contributed by atoms with Gasteiger partial charge in [0.2, 0.25) is 5.91 Å². The first-order valence-corrected chi connectivity index (χ1v) is 16.8. The minimum atomic E-state index is -1.56. The van der Waals surface area contributed by atoms with E-state index in [0.29, 0.717) is 12.8 Å². The van der Waals surface area contributed by atoms with Crippen LogP contribution in [0.2, 0.25) is 0 Å². The average Bonchev–Trinajstić information content (AvgIpc) is 3.02. The number of hydrogen-bond acceptors (Lipinski definition) is 8. The van der Waals surface area contributed by atoms with E-state index in [1.165, 1.54) is 32.1 Å². The maximum absolute atomic E-state index is 12.7. The maximum atomic E-state index is 12.7. The Bertz CT molecular complexity index is 828. The normalized spacial score (nSPS) is 24.2. The molecule has 7 atom stereocenters. The second-order valence-electron chi connectivity index (χ2n) is 11.6. The number of nitrogens with one attached hydrogen (secondary N) is 1. The predicted molar refractivity (Wildman–Crippen MR) is 175 cm³/mol. The fourth-order valence-corrected chi connectivity index (χ4v) is 4.93. The van der Waals surface area contributed by atoms with Crippen LogP contribution in [0.1, 0.15) is 110 Å². The van der Waals surface area contributed by atoms with Crippen molar-refractivity contribution < 1.29 is 39.8 Å². The number of hydrogen-bond donors (Lipinski definition) is 6. The van der Waals surface area contributed by atoms with Crippen molar-refractivity contribution in [3.05, 3.63) is 48.6 Å². The number of rotatable bonds is 25. The summed E-state index contributed by atoms with van der Waals surface area (Å²) in [5, 5.41) is 53.6. The van der Waals surface area contributed by atoms with E-state index in [2.05, 4.69) is 55.6 Å². The molecule has 1 fully saturated rings. The molecule has 6 N–H and O–H groups in total. The van der Waals surface area contributed by atoms with Crippen LogP contribution in [0.4, 0.5) is 0 Å². The predicted octanol–water partition coefficient (Wildman–Crippen LogP) is 4.76. The summed E-state index contributed by atoms with van der Waals surface area (Å²) in [6, 6.07) is -0.753.